The van der Waals surface area contributed by atoms with E-state index in [4.69, 9.17) is 15.7 Å². The first kappa shape index (κ1) is 21.8. The third kappa shape index (κ3) is 3.72. The molecule has 34 heavy (non-hydrogen) atoms. The maximum Gasteiger partial charge on any atom is 0.254 e. The van der Waals surface area contributed by atoms with E-state index in [-0.39, 0.29) is 30.5 Å². The average Bonchev–Trinajstić information content (AvgIpc) is 3.49. The predicted octanol–water partition coefficient (Wildman–Crippen LogP) is 4.01. The molecule has 1 aliphatic heterocycles. The van der Waals surface area contributed by atoms with Gasteiger partial charge in [-0.15, -0.1) is 0 Å². The van der Waals surface area contributed by atoms with E-state index in [0.29, 0.717) is 29.2 Å². The van der Waals surface area contributed by atoms with Crippen molar-refractivity contribution in [1.82, 2.24) is 14.9 Å². The van der Waals surface area contributed by atoms with Crippen molar-refractivity contribution in [2.24, 2.45) is 5.92 Å². The second-order valence-electron chi connectivity index (χ2n) is 8.89. The van der Waals surface area contributed by atoms with Gasteiger partial charge in [-0.1, -0.05) is 0 Å². The summed E-state index contributed by atoms with van der Waals surface area (Å²) >= 11 is 0. The molecule has 0 radical (unpaired) electrons. The third-order valence-corrected chi connectivity index (χ3v) is 6.89. The highest BCUT2D eigenvalue weighted by atomic mass is 16.5. The number of nitrogen functional groups attached to an aromatic ring is 1. The van der Waals surface area contributed by atoms with E-state index in [1.165, 1.54) is 6.20 Å². The molecule has 2 N–H and O–H groups in total. The van der Waals surface area contributed by atoms with Crippen LogP contribution in [0, 0.1) is 28.6 Å². The minimum atomic E-state index is -0.220. The molecule has 1 amide bonds. The van der Waals surface area contributed by atoms with Crippen LogP contribution < -0.4 is 5.73 Å². The average molecular weight is 453 g/mol. The molecule has 170 valence electrons. The summed E-state index contributed by atoms with van der Waals surface area (Å²) in [7, 11) is 0. The molecule has 3 heterocycles. The second kappa shape index (κ2) is 8.74. The molecule has 0 spiro atoms. The lowest BCUT2D eigenvalue weighted by Gasteiger charge is -2.31. The Morgan fingerprint density at radius 3 is 2.85 bits per heavy atom. The zero-order valence-electron chi connectivity index (χ0n) is 18.9. The smallest absolute Gasteiger partial charge is 0.254 e. The van der Waals surface area contributed by atoms with Crippen LogP contribution in [0.4, 0.5) is 5.82 Å². The molecule has 1 saturated carbocycles. The first-order valence-electron chi connectivity index (χ1n) is 11.4. The summed E-state index contributed by atoms with van der Waals surface area (Å²) in [5, 5.41) is 19.6. The lowest BCUT2D eigenvalue weighted by molar-refractivity contribution is 0.0636. The number of aromatic nitrogens is 2. The maximum absolute atomic E-state index is 13.9. The number of anilines is 1. The molecule has 0 saturated heterocycles. The topological polar surface area (TPSA) is 129 Å². The fraction of sp³-hybridized carbons (Fsp3) is 0.346. The Morgan fingerprint density at radius 2 is 2.12 bits per heavy atom. The molecule has 1 aromatic carbocycles. The number of hydrogen-bond donors (Lipinski definition) is 1. The number of pyridine rings is 2. The zero-order chi connectivity index (χ0) is 23.8. The van der Waals surface area contributed by atoms with Crippen LogP contribution in [-0.4, -0.2) is 26.8 Å². The van der Waals surface area contributed by atoms with Gasteiger partial charge in [0.1, 0.15) is 11.9 Å². The summed E-state index contributed by atoms with van der Waals surface area (Å²) in [6, 6.07) is 13.1. The number of ether oxygens (including phenoxy) is 1. The van der Waals surface area contributed by atoms with Crippen molar-refractivity contribution in [1.29, 1.82) is 10.5 Å². The molecule has 0 bridgehead atoms. The highest BCUT2D eigenvalue weighted by Crippen LogP contribution is 2.38. The molecule has 3 atom stereocenters. The molecule has 8 nitrogen and oxygen atoms in total. The van der Waals surface area contributed by atoms with Gasteiger partial charge in [0.25, 0.3) is 5.91 Å². The lowest BCUT2D eigenvalue weighted by atomic mass is 9.98. The van der Waals surface area contributed by atoms with Crippen molar-refractivity contribution < 1.29 is 9.53 Å². The van der Waals surface area contributed by atoms with Gasteiger partial charge in [-0.05, 0) is 62.1 Å². The van der Waals surface area contributed by atoms with Crippen LogP contribution in [0.1, 0.15) is 65.0 Å². The Bertz CT molecular complexity index is 1350. The lowest BCUT2D eigenvalue weighted by Crippen LogP contribution is -2.41. The Balaban J connectivity index is 1.54. The van der Waals surface area contributed by atoms with Crippen LogP contribution in [0.3, 0.4) is 0 Å². The Labute approximate surface area is 197 Å². The van der Waals surface area contributed by atoms with Crippen LogP contribution in [0.5, 0.6) is 0 Å². The molecule has 2 aliphatic rings. The number of nitrogens with two attached hydrogens (primary N) is 1. The molecular weight excluding hydrogens is 428 g/mol. The van der Waals surface area contributed by atoms with Crippen LogP contribution in [0.15, 0.2) is 36.5 Å². The summed E-state index contributed by atoms with van der Waals surface area (Å²) in [6.07, 6.45) is 3.81. The summed E-state index contributed by atoms with van der Waals surface area (Å²) in [5.74, 6) is 0.0865. The van der Waals surface area contributed by atoms with Crippen molar-refractivity contribution in [3.8, 4) is 12.1 Å². The minimum absolute atomic E-state index is 0.139. The largest absolute Gasteiger partial charge is 0.383 e. The molecule has 1 aliphatic carbocycles. The van der Waals surface area contributed by atoms with Crippen LogP contribution in [0.2, 0.25) is 0 Å². The minimum Gasteiger partial charge on any atom is -0.383 e. The zero-order valence-corrected chi connectivity index (χ0v) is 18.9. The van der Waals surface area contributed by atoms with E-state index in [0.717, 1.165) is 41.3 Å². The predicted molar refractivity (Wildman–Crippen MR) is 125 cm³/mol. The Hall–Kier alpha value is -4.01. The fourth-order valence-corrected chi connectivity index (χ4v) is 5.13. The maximum atomic E-state index is 13.9. The number of nitrogens with zero attached hydrogens (tertiary/aromatic N) is 5. The van der Waals surface area contributed by atoms with Gasteiger partial charge in [-0.2, -0.15) is 10.5 Å². The number of carbonyl (C=O) groups excluding carboxylic acids is 1. The molecule has 3 aromatic rings. The summed E-state index contributed by atoms with van der Waals surface area (Å²) in [4.78, 5) is 24.5. The summed E-state index contributed by atoms with van der Waals surface area (Å²) < 4.78 is 5.79. The molecule has 0 unspecified atom stereocenters. The first-order valence-corrected chi connectivity index (χ1v) is 11.4. The Morgan fingerprint density at radius 1 is 1.26 bits per heavy atom. The number of fused-ring (bicyclic) bond motifs is 3. The van der Waals surface area contributed by atoms with E-state index >= 15 is 0 Å². The molecule has 1 fully saturated rings. The second-order valence-corrected chi connectivity index (χ2v) is 8.89. The number of rotatable bonds is 4. The van der Waals surface area contributed by atoms with Gasteiger partial charge >= 0.3 is 0 Å². The van der Waals surface area contributed by atoms with Crippen LogP contribution in [0.25, 0.3) is 10.9 Å². The number of amides is 1. The number of nitriles is 2. The highest BCUT2D eigenvalue weighted by molar-refractivity contribution is 5.99. The van der Waals surface area contributed by atoms with Gasteiger partial charge in [0.05, 0.1) is 48.0 Å². The highest BCUT2D eigenvalue weighted by Gasteiger charge is 2.36. The van der Waals surface area contributed by atoms with Crippen molar-refractivity contribution >= 4 is 22.6 Å². The third-order valence-electron chi connectivity index (χ3n) is 6.89. The monoisotopic (exact) mass is 452 g/mol. The number of benzene rings is 1. The van der Waals surface area contributed by atoms with Crippen molar-refractivity contribution in [3.63, 3.8) is 0 Å². The molecular formula is C26H24N6O2. The quantitative estimate of drug-likeness (QED) is 0.633. The fourth-order valence-electron chi connectivity index (χ4n) is 5.13. The van der Waals surface area contributed by atoms with Gasteiger partial charge in [0, 0.05) is 28.8 Å². The van der Waals surface area contributed by atoms with Gasteiger partial charge in [-0.3, -0.25) is 9.78 Å². The van der Waals surface area contributed by atoms with E-state index in [2.05, 4.69) is 22.1 Å². The van der Waals surface area contributed by atoms with Crippen LogP contribution in [-0.2, 0) is 17.9 Å². The molecule has 5 rings (SSSR count). The first-order chi connectivity index (χ1) is 16.5. The van der Waals surface area contributed by atoms with Crippen molar-refractivity contribution in [2.75, 3.05) is 5.73 Å². The number of hydrogen-bond acceptors (Lipinski definition) is 7. The molecule has 2 aromatic heterocycles. The summed E-state index contributed by atoms with van der Waals surface area (Å²) in [6.45, 7) is 2.64. The molecule has 8 heteroatoms. The normalized spacial score (nSPS) is 21.1. The van der Waals surface area contributed by atoms with Gasteiger partial charge < -0.3 is 15.4 Å². The van der Waals surface area contributed by atoms with E-state index in [9.17, 15) is 10.1 Å². The van der Waals surface area contributed by atoms with E-state index < -0.39 is 0 Å². The van der Waals surface area contributed by atoms with Crippen molar-refractivity contribution in [2.45, 2.75) is 51.5 Å². The number of carbonyl (C=O) groups is 1. The summed E-state index contributed by atoms with van der Waals surface area (Å²) in [5.41, 5.74) is 10.4. The van der Waals surface area contributed by atoms with Crippen LogP contribution >= 0.6 is 0 Å². The standard InChI is InChI=1S/C26H24N6O2/c1-15-24-21(14-34-15)20-9-17(6-8-22(20)31-25(24)29)26(33)32(23-4-2-3-18(23)11-28)13-19-7-5-16(10-27)12-30-19/h5-9,12,15,18,23H,2-4,13-14H2,1H3,(H2,29,31)/t15-,18+,23+/m1/s1. The van der Waals surface area contributed by atoms with Gasteiger partial charge in [0.2, 0.25) is 0 Å². The van der Waals surface area contributed by atoms with Gasteiger partial charge in [-0.25, -0.2) is 4.98 Å². The van der Waals surface area contributed by atoms with E-state index in [1.54, 1.807) is 23.1 Å². The van der Waals surface area contributed by atoms with Crippen molar-refractivity contribution in [3.05, 3.63) is 64.5 Å². The van der Waals surface area contributed by atoms with Gasteiger partial charge in [0.15, 0.2) is 0 Å². The Kier molecular flexibility index (Phi) is 5.61. The SMILES string of the molecule is C[C@H]1OCc2c1c(N)nc1ccc(C(=O)N(Cc3ccc(C#N)cn3)[C@H]3CCC[C@H]3C#N)cc21. The van der Waals surface area contributed by atoms with E-state index in [1.807, 2.05) is 19.1 Å².